The number of nitrogens with zero attached hydrogens (tertiary/aromatic N) is 1. The summed E-state index contributed by atoms with van der Waals surface area (Å²) in [5.41, 5.74) is 4.35. The fraction of sp³-hybridized carbons (Fsp3) is 0.176. The van der Waals surface area contributed by atoms with Crippen molar-refractivity contribution in [2.24, 2.45) is 0 Å². The molecule has 0 bridgehead atoms. The number of ether oxygens (including phenoxy) is 2. The van der Waals surface area contributed by atoms with Gasteiger partial charge in [-0.2, -0.15) is 0 Å². The van der Waals surface area contributed by atoms with Gasteiger partial charge in [0.1, 0.15) is 29.9 Å². The molecule has 1 unspecified atom stereocenters. The molecule has 0 saturated heterocycles. The highest BCUT2D eigenvalue weighted by molar-refractivity contribution is 5.78. The van der Waals surface area contributed by atoms with Crippen LogP contribution in [0.15, 0.2) is 114 Å². The second-order valence-electron chi connectivity index (χ2n) is 9.64. The van der Waals surface area contributed by atoms with E-state index in [1.807, 2.05) is 116 Å². The van der Waals surface area contributed by atoms with Gasteiger partial charge in [-0.1, -0.05) is 72.8 Å². The number of aryl methyl sites for hydroxylation is 1. The number of carboxylic acid groups (broad SMARTS) is 1. The van der Waals surface area contributed by atoms with E-state index in [4.69, 9.17) is 13.9 Å². The summed E-state index contributed by atoms with van der Waals surface area (Å²) < 4.78 is 17.8. The van der Waals surface area contributed by atoms with Crippen LogP contribution in [0.25, 0.3) is 11.5 Å². The zero-order chi connectivity index (χ0) is 28.4. The van der Waals surface area contributed by atoms with Gasteiger partial charge in [-0.25, -0.2) is 9.78 Å². The van der Waals surface area contributed by atoms with Gasteiger partial charge < -0.3 is 24.3 Å². The van der Waals surface area contributed by atoms with Crippen molar-refractivity contribution in [2.45, 2.75) is 32.4 Å². The molecule has 0 aliphatic carbocycles. The first-order valence-corrected chi connectivity index (χ1v) is 13.5. The van der Waals surface area contributed by atoms with Gasteiger partial charge >= 0.3 is 5.97 Å². The lowest BCUT2D eigenvalue weighted by Crippen LogP contribution is -2.31. The molecule has 0 fully saturated rings. The summed E-state index contributed by atoms with van der Waals surface area (Å²) in [6.45, 7) is 2.74. The quantitative estimate of drug-likeness (QED) is 0.164. The van der Waals surface area contributed by atoms with E-state index in [1.165, 1.54) is 0 Å². The van der Waals surface area contributed by atoms with E-state index < -0.39 is 12.0 Å². The predicted molar refractivity (Wildman–Crippen MR) is 158 cm³/mol. The summed E-state index contributed by atoms with van der Waals surface area (Å²) in [7, 11) is 0. The molecular formula is C34H32N2O5. The maximum absolute atomic E-state index is 12.1. The zero-order valence-electron chi connectivity index (χ0n) is 22.8. The molecule has 0 aliphatic rings. The van der Waals surface area contributed by atoms with Gasteiger partial charge in [-0.15, -0.1) is 0 Å². The molecule has 1 aromatic heterocycles. The monoisotopic (exact) mass is 548 g/mol. The summed E-state index contributed by atoms with van der Waals surface area (Å²) >= 11 is 0. The Balaban J connectivity index is 1.15. The lowest BCUT2D eigenvalue weighted by Gasteiger charge is -2.19. The smallest absolute Gasteiger partial charge is 0.326 e. The molecule has 4 aromatic carbocycles. The molecule has 41 heavy (non-hydrogen) atoms. The third-order valence-electron chi connectivity index (χ3n) is 6.64. The number of hydrogen-bond acceptors (Lipinski definition) is 6. The minimum atomic E-state index is -0.943. The molecule has 7 heteroatoms. The molecular weight excluding hydrogens is 516 g/mol. The molecule has 0 amide bonds. The fourth-order valence-corrected chi connectivity index (χ4v) is 4.42. The zero-order valence-corrected chi connectivity index (χ0v) is 22.8. The van der Waals surface area contributed by atoms with Crippen LogP contribution in [-0.4, -0.2) is 28.7 Å². The Morgan fingerprint density at radius 2 is 1.54 bits per heavy atom. The van der Waals surface area contributed by atoms with E-state index in [9.17, 15) is 9.90 Å². The summed E-state index contributed by atoms with van der Waals surface area (Å²) in [6, 6.07) is 33.7. The molecule has 5 rings (SSSR count). The summed E-state index contributed by atoms with van der Waals surface area (Å²) in [5, 5.41) is 13.1. The molecule has 208 valence electrons. The first-order chi connectivity index (χ1) is 20.0. The number of nitrogens with one attached hydrogen (secondary N) is 1. The van der Waals surface area contributed by atoms with Crippen LogP contribution < -0.4 is 14.8 Å². The third kappa shape index (κ3) is 7.54. The highest BCUT2D eigenvalue weighted by atomic mass is 16.5. The highest BCUT2D eigenvalue weighted by Crippen LogP contribution is 2.27. The maximum atomic E-state index is 12.1. The number of benzene rings is 4. The molecule has 1 heterocycles. The molecule has 1 atom stereocenters. The highest BCUT2D eigenvalue weighted by Gasteiger charge is 2.20. The number of carbonyl (C=O) groups is 1. The minimum Gasteiger partial charge on any atom is -0.493 e. The number of aromatic nitrogens is 1. The summed E-state index contributed by atoms with van der Waals surface area (Å²) in [5.74, 6) is 1.75. The van der Waals surface area contributed by atoms with Crippen molar-refractivity contribution in [3.8, 4) is 23.0 Å². The van der Waals surface area contributed by atoms with Crippen molar-refractivity contribution >= 4 is 11.7 Å². The van der Waals surface area contributed by atoms with Crippen LogP contribution in [-0.2, 0) is 24.2 Å². The topological polar surface area (TPSA) is 93.8 Å². The summed E-state index contributed by atoms with van der Waals surface area (Å²) in [4.78, 5) is 16.7. The lowest BCUT2D eigenvalue weighted by molar-refractivity contribution is -0.137. The Morgan fingerprint density at radius 1 is 0.854 bits per heavy atom. The van der Waals surface area contributed by atoms with E-state index in [1.54, 1.807) is 0 Å². The molecule has 0 radical (unpaired) electrons. The number of carboxylic acids is 1. The van der Waals surface area contributed by atoms with Gasteiger partial charge in [0.15, 0.2) is 0 Å². The second kappa shape index (κ2) is 13.3. The summed E-state index contributed by atoms with van der Waals surface area (Å²) in [6.07, 6.45) is 0.906. The largest absolute Gasteiger partial charge is 0.493 e. The Hall–Kier alpha value is -5.04. The first-order valence-electron chi connectivity index (χ1n) is 13.5. The fourth-order valence-electron chi connectivity index (χ4n) is 4.42. The standard InChI is InChI=1S/C34H32N2O5/c1-24-29(36-33(41-24)27-12-6-3-7-13-27)20-21-39-28-18-16-25(17-19-28)22-31(34(37)38)35-30-14-8-9-15-32(30)40-23-26-10-4-2-5-11-26/h2-19,31,35H,20-23H2,1H3,(H,37,38). The molecule has 5 aromatic rings. The van der Waals surface area contributed by atoms with Crippen LogP contribution in [0.3, 0.4) is 0 Å². The number of para-hydroxylation sites is 2. The number of aliphatic carboxylic acids is 1. The molecule has 0 saturated carbocycles. The maximum Gasteiger partial charge on any atom is 0.326 e. The van der Waals surface area contributed by atoms with Crippen LogP contribution in [0.5, 0.6) is 11.5 Å². The Kier molecular flexibility index (Phi) is 8.96. The molecule has 7 nitrogen and oxygen atoms in total. The van der Waals surface area contributed by atoms with Crippen molar-refractivity contribution < 1.29 is 23.8 Å². The van der Waals surface area contributed by atoms with E-state index in [-0.39, 0.29) is 0 Å². The van der Waals surface area contributed by atoms with Crippen LogP contribution in [0.2, 0.25) is 0 Å². The average Bonchev–Trinajstić information content (AvgIpc) is 3.38. The van der Waals surface area contributed by atoms with Crippen LogP contribution >= 0.6 is 0 Å². The Bertz CT molecular complexity index is 1550. The Morgan fingerprint density at radius 3 is 2.27 bits per heavy atom. The SMILES string of the molecule is Cc1oc(-c2ccccc2)nc1CCOc1ccc(CC(Nc2ccccc2OCc2ccccc2)C(=O)O)cc1. The van der Waals surface area contributed by atoms with E-state index in [2.05, 4.69) is 10.3 Å². The minimum absolute atomic E-state index is 0.295. The van der Waals surface area contributed by atoms with Gasteiger partial charge in [-0.3, -0.25) is 0 Å². The van der Waals surface area contributed by atoms with Crippen molar-refractivity contribution in [2.75, 3.05) is 11.9 Å². The van der Waals surface area contributed by atoms with Gasteiger partial charge in [-0.05, 0) is 54.4 Å². The van der Waals surface area contributed by atoms with Gasteiger partial charge in [0.05, 0.1) is 18.0 Å². The normalized spacial score (nSPS) is 11.5. The van der Waals surface area contributed by atoms with E-state index >= 15 is 0 Å². The molecule has 2 N–H and O–H groups in total. The average molecular weight is 549 g/mol. The van der Waals surface area contributed by atoms with Gasteiger partial charge in [0.25, 0.3) is 0 Å². The van der Waals surface area contributed by atoms with Crippen molar-refractivity contribution in [1.82, 2.24) is 4.98 Å². The number of rotatable bonds is 13. The van der Waals surface area contributed by atoms with Crippen LogP contribution in [0, 0.1) is 6.92 Å². The lowest BCUT2D eigenvalue weighted by atomic mass is 10.1. The van der Waals surface area contributed by atoms with E-state index in [0.717, 1.165) is 28.1 Å². The van der Waals surface area contributed by atoms with Gasteiger partial charge in [0.2, 0.25) is 5.89 Å². The van der Waals surface area contributed by atoms with Crippen molar-refractivity contribution in [3.63, 3.8) is 0 Å². The van der Waals surface area contributed by atoms with Crippen molar-refractivity contribution in [1.29, 1.82) is 0 Å². The van der Waals surface area contributed by atoms with Crippen molar-refractivity contribution in [3.05, 3.63) is 132 Å². The number of hydrogen-bond donors (Lipinski definition) is 2. The first kappa shape index (κ1) is 27.5. The number of anilines is 1. The van der Waals surface area contributed by atoms with Crippen LogP contribution in [0.4, 0.5) is 5.69 Å². The third-order valence-corrected chi connectivity index (χ3v) is 6.64. The predicted octanol–water partition coefficient (Wildman–Crippen LogP) is 6.96. The Labute approximate surface area is 239 Å². The second-order valence-corrected chi connectivity index (χ2v) is 9.64. The van der Waals surface area contributed by atoms with E-state index in [0.29, 0.717) is 49.1 Å². The molecule has 0 aliphatic heterocycles. The van der Waals surface area contributed by atoms with Gasteiger partial charge in [0, 0.05) is 18.4 Å². The number of oxazole rings is 1. The van der Waals surface area contributed by atoms with Crippen LogP contribution in [0.1, 0.15) is 22.6 Å². The molecule has 0 spiro atoms.